The van der Waals surface area contributed by atoms with Crippen LogP contribution in [-0.4, -0.2) is 60.7 Å². The minimum atomic E-state index is -0.450. The molecule has 0 aliphatic carbocycles. The van der Waals surface area contributed by atoms with Crippen molar-refractivity contribution in [2.75, 3.05) is 33.9 Å². The van der Waals surface area contributed by atoms with Gasteiger partial charge < -0.3 is 14.4 Å². The number of thioether (sulfide) groups is 1. The molecule has 0 spiro atoms. The van der Waals surface area contributed by atoms with Crippen LogP contribution in [0.15, 0.2) is 23.1 Å². The minimum absolute atomic E-state index is 0.186. The zero-order chi connectivity index (χ0) is 18.7. The highest BCUT2D eigenvalue weighted by Crippen LogP contribution is 2.33. The zero-order valence-corrected chi connectivity index (χ0v) is 15.5. The number of nitrogens with zero attached hydrogens (tertiary/aromatic N) is 2. The third-order valence-corrected chi connectivity index (χ3v) is 5.20. The fourth-order valence-electron chi connectivity index (χ4n) is 2.90. The van der Waals surface area contributed by atoms with E-state index in [-0.39, 0.29) is 17.4 Å². The maximum Gasteiger partial charge on any atom is 0.294 e. The van der Waals surface area contributed by atoms with Gasteiger partial charge in [-0.3, -0.25) is 19.3 Å². The van der Waals surface area contributed by atoms with Crippen molar-refractivity contribution in [3.05, 3.63) is 28.7 Å². The zero-order valence-electron chi connectivity index (χ0n) is 14.7. The second kappa shape index (κ2) is 7.82. The summed E-state index contributed by atoms with van der Waals surface area (Å²) in [6.45, 7) is 1.17. The third kappa shape index (κ3) is 3.85. The van der Waals surface area contributed by atoms with Gasteiger partial charge >= 0.3 is 0 Å². The number of rotatable bonds is 5. The lowest BCUT2D eigenvalue weighted by Gasteiger charge is -2.18. The van der Waals surface area contributed by atoms with Crippen molar-refractivity contribution in [1.29, 1.82) is 0 Å². The predicted octanol–water partition coefficient (Wildman–Crippen LogP) is 2.36. The van der Waals surface area contributed by atoms with E-state index < -0.39 is 11.1 Å². The maximum atomic E-state index is 12.6. The van der Waals surface area contributed by atoms with Crippen LogP contribution in [0.3, 0.4) is 0 Å². The summed E-state index contributed by atoms with van der Waals surface area (Å²) in [5, 5.41) is -0.427. The first-order valence-corrected chi connectivity index (χ1v) is 9.09. The van der Waals surface area contributed by atoms with E-state index in [1.807, 2.05) is 0 Å². The number of amides is 3. The van der Waals surface area contributed by atoms with Crippen LogP contribution >= 0.6 is 11.8 Å². The van der Waals surface area contributed by atoms with E-state index in [0.717, 1.165) is 29.5 Å². The molecule has 0 atom stereocenters. The highest BCUT2D eigenvalue weighted by molar-refractivity contribution is 8.18. The lowest BCUT2D eigenvalue weighted by molar-refractivity contribution is -0.135. The average Bonchev–Trinajstić information content (AvgIpc) is 3.26. The fraction of sp³-hybridized carbons (Fsp3) is 0.389. The number of hydrogen-bond acceptors (Lipinski definition) is 6. The van der Waals surface area contributed by atoms with Gasteiger partial charge in [0.2, 0.25) is 5.91 Å². The Labute approximate surface area is 155 Å². The van der Waals surface area contributed by atoms with Gasteiger partial charge in [-0.25, -0.2) is 0 Å². The van der Waals surface area contributed by atoms with Crippen LogP contribution in [-0.2, 0) is 9.59 Å². The molecule has 1 aromatic rings. The van der Waals surface area contributed by atoms with Gasteiger partial charge in [0.15, 0.2) is 0 Å². The number of hydrogen-bond donors (Lipinski definition) is 0. The molecule has 8 heteroatoms. The Kier molecular flexibility index (Phi) is 5.51. The summed E-state index contributed by atoms with van der Waals surface area (Å²) >= 11 is 0.834. The van der Waals surface area contributed by atoms with Gasteiger partial charge in [-0.2, -0.15) is 0 Å². The summed E-state index contributed by atoms with van der Waals surface area (Å²) < 4.78 is 10.4. The van der Waals surface area contributed by atoms with Crippen LogP contribution in [0, 0.1) is 0 Å². The molecule has 2 aliphatic rings. The molecule has 138 valence electrons. The molecule has 3 amide bonds. The normalized spacial score (nSPS) is 18.8. The first kappa shape index (κ1) is 18.3. The number of likely N-dealkylation sites (tertiary alicyclic amines) is 1. The lowest BCUT2D eigenvalue weighted by Crippen LogP contribution is -2.40. The first-order chi connectivity index (χ1) is 12.5. The number of ether oxygens (including phenoxy) is 2. The first-order valence-electron chi connectivity index (χ1n) is 8.28. The summed E-state index contributed by atoms with van der Waals surface area (Å²) in [5.41, 5.74) is 0.678. The molecule has 2 aliphatic heterocycles. The molecule has 2 saturated heterocycles. The van der Waals surface area contributed by atoms with Crippen LogP contribution in [0.2, 0.25) is 0 Å². The Bertz CT molecular complexity index is 749. The van der Waals surface area contributed by atoms with Gasteiger partial charge in [-0.1, -0.05) is 0 Å². The minimum Gasteiger partial charge on any atom is -0.497 e. The smallest absolute Gasteiger partial charge is 0.294 e. The molecule has 3 rings (SSSR count). The molecule has 0 bridgehead atoms. The van der Waals surface area contributed by atoms with Gasteiger partial charge in [-0.15, -0.1) is 0 Å². The highest BCUT2D eigenvalue weighted by Gasteiger charge is 2.37. The Balaban J connectivity index is 1.77. The van der Waals surface area contributed by atoms with Crippen molar-refractivity contribution < 1.29 is 23.9 Å². The molecule has 26 heavy (non-hydrogen) atoms. The van der Waals surface area contributed by atoms with E-state index in [1.54, 1.807) is 29.2 Å². The molecule has 7 nitrogen and oxygen atoms in total. The molecule has 0 unspecified atom stereocenters. The van der Waals surface area contributed by atoms with Gasteiger partial charge in [0.05, 0.1) is 19.1 Å². The molecular formula is C18H20N2O5S. The third-order valence-electron chi connectivity index (χ3n) is 4.30. The molecule has 0 radical (unpaired) electrons. The number of methoxy groups -OCH3 is 2. The van der Waals surface area contributed by atoms with Crippen molar-refractivity contribution in [1.82, 2.24) is 9.80 Å². The number of carbonyl (C=O) groups is 3. The average molecular weight is 376 g/mol. The standard InChI is InChI=1S/C18H20N2O5S/c1-24-13-7-12(8-14(10-13)25-2)9-15-17(22)20(18(23)26-15)11-16(21)19-5-3-4-6-19/h7-10H,3-6,11H2,1-2H3/b15-9-. The Morgan fingerprint density at radius 2 is 1.73 bits per heavy atom. The van der Waals surface area contributed by atoms with E-state index in [9.17, 15) is 14.4 Å². The molecule has 0 N–H and O–H groups in total. The van der Waals surface area contributed by atoms with E-state index in [4.69, 9.17) is 9.47 Å². The summed E-state index contributed by atoms with van der Waals surface area (Å²) in [4.78, 5) is 40.0. The van der Waals surface area contributed by atoms with Crippen molar-refractivity contribution >= 4 is 34.9 Å². The van der Waals surface area contributed by atoms with Crippen LogP contribution in [0.4, 0.5) is 4.79 Å². The molecule has 2 heterocycles. The number of imide groups is 1. The van der Waals surface area contributed by atoms with Gasteiger partial charge in [-0.05, 0) is 48.4 Å². The summed E-state index contributed by atoms with van der Waals surface area (Å²) in [6.07, 6.45) is 3.53. The molecule has 0 saturated carbocycles. The van der Waals surface area contributed by atoms with Crippen LogP contribution < -0.4 is 9.47 Å². The quantitative estimate of drug-likeness (QED) is 0.735. The Morgan fingerprint density at radius 1 is 1.12 bits per heavy atom. The second-order valence-electron chi connectivity index (χ2n) is 6.00. The van der Waals surface area contributed by atoms with E-state index in [0.29, 0.717) is 30.2 Å². The SMILES string of the molecule is COc1cc(/C=C2\SC(=O)N(CC(=O)N3CCCC3)C2=O)cc(OC)c1. The lowest BCUT2D eigenvalue weighted by atomic mass is 10.2. The molecular weight excluding hydrogens is 356 g/mol. The van der Waals surface area contributed by atoms with Crippen molar-refractivity contribution in [2.24, 2.45) is 0 Å². The van der Waals surface area contributed by atoms with Crippen LogP contribution in [0.1, 0.15) is 18.4 Å². The van der Waals surface area contributed by atoms with Gasteiger partial charge in [0.1, 0.15) is 18.0 Å². The summed E-state index contributed by atoms with van der Waals surface area (Å²) in [6, 6.07) is 5.20. The highest BCUT2D eigenvalue weighted by atomic mass is 32.2. The van der Waals surface area contributed by atoms with Crippen molar-refractivity contribution in [3.8, 4) is 11.5 Å². The predicted molar refractivity (Wildman–Crippen MR) is 98.0 cm³/mol. The second-order valence-corrected chi connectivity index (χ2v) is 6.99. The van der Waals surface area contributed by atoms with Gasteiger partial charge in [0, 0.05) is 19.2 Å². The molecule has 2 fully saturated rings. The number of benzene rings is 1. The van der Waals surface area contributed by atoms with Crippen molar-refractivity contribution in [3.63, 3.8) is 0 Å². The van der Waals surface area contributed by atoms with Crippen LogP contribution in [0.5, 0.6) is 11.5 Å². The Morgan fingerprint density at radius 3 is 2.31 bits per heavy atom. The molecule has 1 aromatic carbocycles. The monoisotopic (exact) mass is 376 g/mol. The number of carbonyl (C=O) groups excluding carboxylic acids is 3. The maximum absolute atomic E-state index is 12.6. The van der Waals surface area contributed by atoms with E-state index >= 15 is 0 Å². The molecule has 0 aromatic heterocycles. The van der Waals surface area contributed by atoms with Crippen molar-refractivity contribution in [2.45, 2.75) is 12.8 Å². The summed E-state index contributed by atoms with van der Waals surface area (Å²) in [7, 11) is 3.08. The van der Waals surface area contributed by atoms with E-state index in [1.165, 1.54) is 14.2 Å². The van der Waals surface area contributed by atoms with Gasteiger partial charge in [0.25, 0.3) is 11.1 Å². The largest absolute Gasteiger partial charge is 0.497 e. The topological polar surface area (TPSA) is 76.2 Å². The Hall–Kier alpha value is -2.48. The summed E-state index contributed by atoms with van der Waals surface area (Å²) in [5.74, 6) is 0.529. The van der Waals surface area contributed by atoms with E-state index in [2.05, 4.69) is 0 Å². The fourth-order valence-corrected chi connectivity index (χ4v) is 3.74. The van der Waals surface area contributed by atoms with Crippen LogP contribution in [0.25, 0.3) is 6.08 Å².